The number of rotatable bonds is 6. The van der Waals surface area contributed by atoms with E-state index in [1.807, 2.05) is 42.3 Å². The fourth-order valence-electron chi connectivity index (χ4n) is 4.14. The first-order chi connectivity index (χ1) is 13.9. The van der Waals surface area contributed by atoms with Crippen molar-refractivity contribution in [1.29, 1.82) is 0 Å². The number of nitrogens with zero attached hydrogens (tertiary/aromatic N) is 2. The summed E-state index contributed by atoms with van der Waals surface area (Å²) in [6.45, 7) is 3.98. The van der Waals surface area contributed by atoms with Gasteiger partial charge in [-0.25, -0.2) is 13.1 Å². The molecule has 2 fully saturated rings. The van der Waals surface area contributed by atoms with Crippen LogP contribution in [0, 0.1) is 5.92 Å². The Morgan fingerprint density at radius 3 is 2.72 bits per heavy atom. The minimum atomic E-state index is -3.37. The quantitative estimate of drug-likeness (QED) is 0.742. The monoisotopic (exact) mass is 423 g/mol. The Kier molecular flexibility index (Phi) is 8.06. The van der Waals surface area contributed by atoms with Crippen LogP contribution in [0.15, 0.2) is 30.3 Å². The van der Waals surface area contributed by atoms with Crippen molar-refractivity contribution >= 4 is 15.9 Å². The highest BCUT2D eigenvalue weighted by atomic mass is 32.2. The molecule has 7 nitrogen and oxygen atoms in total. The highest BCUT2D eigenvalue weighted by molar-refractivity contribution is 7.89. The summed E-state index contributed by atoms with van der Waals surface area (Å²) in [7, 11) is -1.41. The first-order valence-corrected chi connectivity index (χ1v) is 12.2. The molecule has 1 aromatic carbocycles. The number of hydrogen-bond acceptors (Lipinski definition) is 5. The van der Waals surface area contributed by atoms with Gasteiger partial charge in [0.05, 0.1) is 18.3 Å². The Balaban J connectivity index is 1.53. The molecule has 8 heteroatoms. The van der Waals surface area contributed by atoms with Gasteiger partial charge in [0.2, 0.25) is 15.9 Å². The first kappa shape index (κ1) is 22.2. The second kappa shape index (κ2) is 10.5. The molecule has 29 heavy (non-hydrogen) atoms. The lowest BCUT2D eigenvalue weighted by Gasteiger charge is -2.26. The van der Waals surface area contributed by atoms with Crippen molar-refractivity contribution in [3.8, 4) is 0 Å². The van der Waals surface area contributed by atoms with Crippen LogP contribution in [0.1, 0.15) is 24.8 Å². The fraction of sp³-hybridized carbons (Fsp3) is 0.667. The lowest BCUT2D eigenvalue weighted by Crippen LogP contribution is -2.43. The summed E-state index contributed by atoms with van der Waals surface area (Å²) in [6, 6.07) is 9.49. The number of hydrogen-bond donors (Lipinski definition) is 1. The van der Waals surface area contributed by atoms with E-state index in [1.54, 1.807) is 0 Å². The molecular weight excluding hydrogens is 390 g/mol. The van der Waals surface area contributed by atoms with Crippen LogP contribution in [-0.2, 0) is 26.0 Å². The molecule has 0 saturated carbocycles. The van der Waals surface area contributed by atoms with Crippen LogP contribution < -0.4 is 4.72 Å². The lowest BCUT2D eigenvalue weighted by atomic mass is 10.0. The third kappa shape index (κ3) is 7.06. The van der Waals surface area contributed by atoms with Crippen LogP contribution in [0.2, 0.25) is 0 Å². The number of benzene rings is 1. The molecule has 162 valence electrons. The predicted molar refractivity (Wildman–Crippen MR) is 113 cm³/mol. The molecular formula is C21H33N3O4S. The summed E-state index contributed by atoms with van der Waals surface area (Å²) < 4.78 is 33.5. The lowest BCUT2D eigenvalue weighted by molar-refractivity contribution is -0.136. The van der Waals surface area contributed by atoms with Gasteiger partial charge >= 0.3 is 0 Å². The highest BCUT2D eigenvalue weighted by Crippen LogP contribution is 2.20. The molecule has 2 saturated heterocycles. The predicted octanol–water partition coefficient (Wildman–Crippen LogP) is 1.11. The van der Waals surface area contributed by atoms with Crippen molar-refractivity contribution in [2.45, 2.75) is 31.7 Å². The van der Waals surface area contributed by atoms with Crippen LogP contribution in [-0.4, -0.2) is 82.4 Å². The van der Waals surface area contributed by atoms with Gasteiger partial charge in [0.15, 0.2) is 0 Å². The average Bonchev–Trinajstić information content (AvgIpc) is 3.07. The molecule has 2 aliphatic rings. The maximum Gasteiger partial charge on any atom is 0.227 e. The number of likely N-dealkylation sites (tertiary alicyclic amines) is 1. The smallest absolute Gasteiger partial charge is 0.227 e. The Morgan fingerprint density at radius 1 is 1.14 bits per heavy atom. The minimum Gasteiger partial charge on any atom is -0.380 e. The topological polar surface area (TPSA) is 79.0 Å². The number of aryl methyl sites for hydroxylation is 1. The van der Waals surface area contributed by atoms with Crippen molar-refractivity contribution in [1.82, 2.24) is 14.5 Å². The number of amides is 1. The van der Waals surface area contributed by atoms with E-state index < -0.39 is 10.0 Å². The number of carbonyl (C=O) groups excluding carboxylic acids is 1. The number of sulfonamides is 1. The fourth-order valence-corrected chi connectivity index (χ4v) is 5.47. The van der Waals surface area contributed by atoms with Crippen molar-refractivity contribution in [2.24, 2.45) is 5.92 Å². The third-order valence-electron chi connectivity index (χ3n) is 5.66. The van der Waals surface area contributed by atoms with E-state index in [0.717, 1.165) is 18.5 Å². The molecule has 3 rings (SSSR count). The molecule has 0 aliphatic carbocycles. The number of ether oxygens (including phenoxy) is 1. The Hall–Kier alpha value is -1.48. The molecule has 2 aliphatic heterocycles. The number of carbonyl (C=O) groups is 1. The standard InChI is InChI=1S/C21H33N3O4S/c1-23-16-19(21(25)24-11-5-13-28-14-12-24)8-9-20(17-23)22-29(26,27)15-10-18-6-3-2-4-7-18/h2-4,6-7,19-20,22H,5,8-17H2,1H3/t19-,20+/m1/s1. The zero-order chi connectivity index (χ0) is 20.7. The van der Waals surface area contributed by atoms with Gasteiger partial charge in [0.1, 0.15) is 0 Å². The number of likely N-dealkylation sites (N-methyl/N-ethyl adjacent to an activating group) is 1. The first-order valence-electron chi connectivity index (χ1n) is 10.5. The molecule has 0 unspecified atom stereocenters. The third-order valence-corrected chi connectivity index (χ3v) is 7.09. The van der Waals surface area contributed by atoms with E-state index >= 15 is 0 Å². The maximum atomic E-state index is 13.0. The Bertz CT molecular complexity index is 748. The van der Waals surface area contributed by atoms with Gasteiger partial charge in [-0.05, 0) is 38.3 Å². The summed E-state index contributed by atoms with van der Waals surface area (Å²) in [6.07, 6.45) is 2.75. The molecule has 2 atom stereocenters. The second-order valence-corrected chi connectivity index (χ2v) is 10.0. The molecule has 0 aromatic heterocycles. The molecule has 1 amide bonds. The van der Waals surface area contributed by atoms with Crippen molar-refractivity contribution < 1.29 is 17.9 Å². The van der Waals surface area contributed by atoms with Crippen molar-refractivity contribution in [3.63, 3.8) is 0 Å². The summed E-state index contributed by atoms with van der Waals surface area (Å²) in [5.41, 5.74) is 1.02. The minimum absolute atomic E-state index is 0.0768. The second-order valence-electron chi connectivity index (χ2n) is 8.16. The summed E-state index contributed by atoms with van der Waals surface area (Å²) >= 11 is 0. The molecule has 1 N–H and O–H groups in total. The van der Waals surface area contributed by atoms with E-state index in [-0.39, 0.29) is 23.6 Å². The Morgan fingerprint density at radius 2 is 1.93 bits per heavy atom. The van der Waals surface area contributed by atoms with Gasteiger partial charge in [0.25, 0.3) is 0 Å². The molecule has 1 aromatic rings. The summed E-state index contributed by atoms with van der Waals surface area (Å²) in [5.74, 6) is 0.166. The zero-order valence-electron chi connectivity index (χ0n) is 17.3. The van der Waals surface area contributed by atoms with Gasteiger partial charge < -0.3 is 14.5 Å². The van der Waals surface area contributed by atoms with Gasteiger partial charge in [-0.2, -0.15) is 0 Å². The van der Waals surface area contributed by atoms with Crippen LogP contribution in [0.4, 0.5) is 0 Å². The molecule has 0 radical (unpaired) electrons. The van der Waals surface area contributed by atoms with E-state index in [4.69, 9.17) is 4.74 Å². The van der Waals surface area contributed by atoms with Crippen LogP contribution in [0.5, 0.6) is 0 Å². The Labute approximate surface area is 174 Å². The van der Waals surface area contributed by atoms with E-state index in [2.05, 4.69) is 9.62 Å². The summed E-state index contributed by atoms with van der Waals surface area (Å²) in [4.78, 5) is 17.0. The number of nitrogens with one attached hydrogen (secondary N) is 1. The maximum absolute atomic E-state index is 13.0. The van der Waals surface area contributed by atoms with Gasteiger partial charge in [-0.1, -0.05) is 30.3 Å². The van der Waals surface area contributed by atoms with Crippen LogP contribution in [0.25, 0.3) is 0 Å². The molecule has 2 heterocycles. The van der Waals surface area contributed by atoms with E-state index in [0.29, 0.717) is 52.1 Å². The van der Waals surface area contributed by atoms with Crippen molar-refractivity contribution in [2.75, 3.05) is 52.2 Å². The average molecular weight is 424 g/mol. The molecule has 0 bridgehead atoms. The van der Waals surface area contributed by atoms with Crippen molar-refractivity contribution in [3.05, 3.63) is 35.9 Å². The van der Waals surface area contributed by atoms with E-state index in [9.17, 15) is 13.2 Å². The zero-order valence-corrected chi connectivity index (χ0v) is 18.1. The normalized spacial score (nSPS) is 24.7. The van der Waals surface area contributed by atoms with Gasteiger partial charge in [0, 0.05) is 38.8 Å². The SMILES string of the molecule is CN1C[C@@H](NS(=O)(=O)CCc2ccccc2)CC[C@@H](C(=O)N2CCCOCC2)C1. The van der Waals surface area contributed by atoms with Crippen LogP contribution in [0.3, 0.4) is 0 Å². The van der Waals surface area contributed by atoms with E-state index in [1.165, 1.54) is 0 Å². The van der Waals surface area contributed by atoms with Gasteiger partial charge in [-0.3, -0.25) is 4.79 Å². The van der Waals surface area contributed by atoms with Crippen LogP contribution >= 0.6 is 0 Å². The summed E-state index contributed by atoms with van der Waals surface area (Å²) in [5, 5.41) is 0. The largest absolute Gasteiger partial charge is 0.380 e. The van der Waals surface area contributed by atoms with Gasteiger partial charge in [-0.15, -0.1) is 0 Å². The molecule has 0 spiro atoms. The highest BCUT2D eigenvalue weighted by Gasteiger charge is 2.31.